The Balaban J connectivity index is 2.08. The molecule has 148 valence electrons. The number of imidazole rings is 1. The highest BCUT2D eigenvalue weighted by molar-refractivity contribution is 5.77. The highest BCUT2D eigenvalue weighted by atomic mass is 16.5. The number of methoxy groups -OCH3 is 3. The molecule has 0 amide bonds. The molecule has 3 rings (SSSR count). The van der Waals surface area contributed by atoms with E-state index in [9.17, 15) is 9.90 Å². The molecule has 1 N–H and O–H groups in total. The van der Waals surface area contributed by atoms with Crippen LogP contribution in [-0.4, -0.2) is 42.0 Å². The Labute approximate surface area is 163 Å². The summed E-state index contributed by atoms with van der Waals surface area (Å²) in [4.78, 5) is 16.0. The number of aromatic nitrogens is 2. The Kier molecular flexibility index (Phi) is 5.73. The molecule has 7 nitrogen and oxygen atoms in total. The molecule has 1 aromatic heterocycles. The van der Waals surface area contributed by atoms with Gasteiger partial charge in [-0.05, 0) is 36.8 Å². The third kappa shape index (κ3) is 3.74. The molecule has 0 aliphatic rings. The Hall–Kier alpha value is -3.22. The molecule has 0 saturated carbocycles. The van der Waals surface area contributed by atoms with Gasteiger partial charge in [-0.1, -0.05) is 12.1 Å². The van der Waals surface area contributed by atoms with Crippen molar-refractivity contribution in [1.29, 1.82) is 0 Å². The summed E-state index contributed by atoms with van der Waals surface area (Å²) in [6.45, 7) is 1.89. The van der Waals surface area contributed by atoms with Gasteiger partial charge in [0.2, 0.25) is 5.75 Å². The molecule has 0 bridgehead atoms. The highest BCUT2D eigenvalue weighted by Crippen LogP contribution is 2.39. The third-order valence-corrected chi connectivity index (χ3v) is 4.67. The first kappa shape index (κ1) is 19.5. The number of hydrogen-bond donors (Lipinski definition) is 1. The fraction of sp³-hybridized carbons (Fsp3) is 0.333. The summed E-state index contributed by atoms with van der Waals surface area (Å²) in [5.41, 5.74) is 2.68. The number of carboxylic acid groups (broad SMARTS) is 1. The molecule has 3 aromatic rings. The summed E-state index contributed by atoms with van der Waals surface area (Å²) in [6.07, 6.45) is 0.512. The van der Waals surface area contributed by atoms with Gasteiger partial charge in [0.15, 0.2) is 11.5 Å². The smallest absolute Gasteiger partial charge is 0.305 e. The average molecular weight is 384 g/mol. The molecule has 0 saturated heterocycles. The van der Waals surface area contributed by atoms with E-state index in [2.05, 4.69) is 0 Å². The first-order valence-corrected chi connectivity index (χ1v) is 8.95. The number of ether oxygens (including phenoxy) is 3. The molecule has 7 heteroatoms. The van der Waals surface area contributed by atoms with Crippen LogP contribution in [0.2, 0.25) is 0 Å². The van der Waals surface area contributed by atoms with Gasteiger partial charge in [0.1, 0.15) is 5.82 Å². The van der Waals surface area contributed by atoms with Crippen molar-refractivity contribution in [3.63, 3.8) is 0 Å². The van der Waals surface area contributed by atoms with E-state index in [0.29, 0.717) is 23.7 Å². The van der Waals surface area contributed by atoms with E-state index in [0.717, 1.165) is 22.4 Å². The lowest BCUT2D eigenvalue weighted by atomic mass is 10.1. The topological polar surface area (TPSA) is 82.8 Å². The third-order valence-electron chi connectivity index (χ3n) is 4.67. The normalized spacial score (nSPS) is 12.0. The molecule has 28 heavy (non-hydrogen) atoms. The first-order valence-electron chi connectivity index (χ1n) is 8.95. The van der Waals surface area contributed by atoms with Gasteiger partial charge in [-0.3, -0.25) is 4.79 Å². The Morgan fingerprint density at radius 1 is 1.11 bits per heavy atom. The van der Waals surface area contributed by atoms with Crippen LogP contribution in [0, 0.1) is 0 Å². The standard InChI is InChI=1S/C21H24N2O5/c1-13(9-20(24)25)23-16-8-6-5-7-15(16)22-19(23)12-14-10-17(26-2)21(28-4)18(11-14)27-3/h5-8,10-11,13H,9,12H2,1-4H3,(H,24,25). The van der Waals surface area contributed by atoms with Crippen LogP contribution in [0.3, 0.4) is 0 Å². The van der Waals surface area contributed by atoms with Crippen LogP contribution >= 0.6 is 0 Å². The second kappa shape index (κ2) is 8.21. The largest absolute Gasteiger partial charge is 0.493 e. The maximum atomic E-state index is 11.3. The van der Waals surface area contributed by atoms with E-state index in [1.165, 1.54) is 0 Å². The number of carbonyl (C=O) groups is 1. The van der Waals surface area contributed by atoms with E-state index >= 15 is 0 Å². The number of carboxylic acids is 1. The van der Waals surface area contributed by atoms with Gasteiger partial charge in [0.05, 0.1) is 38.8 Å². The van der Waals surface area contributed by atoms with E-state index in [4.69, 9.17) is 19.2 Å². The van der Waals surface area contributed by atoms with Crippen molar-refractivity contribution < 1.29 is 24.1 Å². The maximum absolute atomic E-state index is 11.3. The van der Waals surface area contributed by atoms with Gasteiger partial charge in [-0.25, -0.2) is 4.98 Å². The minimum atomic E-state index is -0.844. The van der Waals surface area contributed by atoms with Crippen LogP contribution < -0.4 is 14.2 Å². The van der Waals surface area contributed by atoms with E-state index in [1.807, 2.05) is 47.9 Å². The molecule has 0 aliphatic heterocycles. The lowest BCUT2D eigenvalue weighted by Gasteiger charge is -2.17. The molecule has 0 radical (unpaired) electrons. The average Bonchev–Trinajstić information content (AvgIpc) is 3.04. The molecule has 1 atom stereocenters. The number of para-hydroxylation sites is 2. The Morgan fingerprint density at radius 2 is 1.75 bits per heavy atom. The summed E-state index contributed by atoms with van der Waals surface area (Å²) in [6, 6.07) is 11.3. The van der Waals surface area contributed by atoms with Crippen molar-refractivity contribution in [3.8, 4) is 17.2 Å². The Morgan fingerprint density at radius 3 is 2.32 bits per heavy atom. The number of hydrogen-bond acceptors (Lipinski definition) is 5. The van der Waals surface area contributed by atoms with Gasteiger partial charge >= 0.3 is 5.97 Å². The van der Waals surface area contributed by atoms with Crippen LogP contribution in [0.25, 0.3) is 11.0 Å². The first-order chi connectivity index (χ1) is 13.5. The maximum Gasteiger partial charge on any atom is 0.305 e. The summed E-state index contributed by atoms with van der Waals surface area (Å²) < 4.78 is 18.2. The van der Waals surface area contributed by atoms with Crippen molar-refractivity contribution in [3.05, 3.63) is 47.8 Å². The van der Waals surface area contributed by atoms with Gasteiger partial charge in [0.25, 0.3) is 0 Å². The number of benzene rings is 2. The summed E-state index contributed by atoms with van der Waals surface area (Å²) in [5.74, 6) is 1.60. The number of aliphatic carboxylic acids is 1. The van der Waals surface area contributed by atoms with Gasteiger partial charge < -0.3 is 23.9 Å². The molecular formula is C21H24N2O5. The lowest BCUT2D eigenvalue weighted by molar-refractivity contribution is -0.137. The minimum Gasteiger partial charge on any atom is -0.493 e. The molecule has 1 unspecified atom stereocenters. The Bertz CT molecular complexity index is 971. The molecular weight excluding hydrogens is 360 g/mol. The van der Waals surface area contributed by atoms with Gasteiger partial charge in [-0.2, -0.15) is 0 Å². The van der Waals surface area contributed by atoms with E-state index < -0.39 is 5.97 Å². The van der Waals surface area contributed by atoms with E-state index in [-0.39, 0.29) is 12.5 Å². The second-order valence-electron chi connectivity index (χ2n) is 6.54. The number of rotatable bonds is 8. The lowest BCUT2D eigenvalue weighted by Crippen LogP contribution is -2.14. The van der Waals surface area contributed by atoms with Gasteiger partial charge in [0, 0.05) is 12.5 Å². The van der Waals surface area contributed by atoms with E-state index in [1.54, 1.807) is 21.3 Å². The molecule has 1 heterocycles. The molecule has 0 aliphatic carbocycles. The van der Waals surface area contributed by atoms with Crippen molar-refractivity contribution in [2.24, 2.45) is 0 Å². The van der Waals surface area contributed by atoms with Crippen LogP contribution in [-0.2, 0) is 11.2 Å². The molecule has 0 spiro atoms. The zero-order valence-electron chi connectivity index (χ0n) is 16.4. The van der Waals surface area contributed by atoms with Crippen LogP contribution in [0.1, 0.15) is 30.8 Å². The second-order valence-corrected chi connectivity index (χ2v) is 6.54. The summed E-state index contributed by atoms with van der Waals surface area (Å²) >= 11 is 0. The van der Waals surface area contributed by atoms with Crippen LogP contribution in [0.15, 0.2) is 36.4 Å². The van der Waals surface area contributed by atoms with Crippen molar-refractivity contribution in [1.82, 2.24) is 9.55 Å². The van der Waals surface area contributed by atoms with Crippen molar-refractivity contribution in [2.75, 3.05) is 21.3 Å². The quantitative estimate of drug-likeness (QED) is 0.638. The fourth-order valence-corrected chi connectivity index (χ4v) is 3.47. The predicted octanol–water partition coefficient (Wildman–Crippen LogP) is 3.69. The van der Waals surface area contributed by atoms with Crippen molar-refractivity contribution >= 4 is 17.0 Å². The van der Waals surface area contributed by atoms with Crippen LogP contribution in [0.5, 0.6) is 17.2 Å². The molecule has 0 fully saturated rings. The fourth-order valence-electron chi connectivity index (χ4n) is 3.47. The number of nitrogens with zero attached hydrogens (tertiary/aromatic N) is 2. The van der Waals surface area contributed by atoms with Crippen molar-refractivity contribution in [2.45, 2.75) is 25.8 Å². The predicted molar refractivity (Wildman–Crippen MR) is 106 cm³/mol. The highest BCUT2D eigenvalue weighted by Gasteiger charge is 2.20. The monoisotopic (exact) mass is 384 g/mol. The van der Waals surface area contributed by atoms with Gasteiger partial charge in [-0.15, -0.1) is 0 Å². The molecule has 2 aromatic carbocycles. The number of fused-ring (bicyclic) bond motifs is 1. The minimum absolute atomic E-state index is 0.0165. The summed E-state index contributed by atoms with van der Waals surface area (Å²) in [5, 5.41) is 9.25. The van der Waals surface area contributed by atoms with Crippen LogP contribution in [0.4, 0.5) is 0 Å². The summed E-state index contributed by atoms with van der Waals surface area (Å²) in [7, 11) is 4.71. The zero-order chi connectivity index (χ0) is 20.3. The zero-order valence-corrected chi connectivity index (χ0v) is 16.4. The SMILES string of the molecule is COc1cc(Cc2nc3ccccc3n2C(C)CC(=O)O)cc(OC)c1OC.